The summed E-state index contributed by atoms with van der Waals surface area (Å²) in [6, 6.07) is 17.1. The van der Waals surface area contributed by atoms with Crippen molar-refractivity contribution in [3.63, 3.8) is 0 Å². The van der Waals surface area contributed by atoms with Gasteiger partial charge in [-0.05, 0) is 48.0 Å². The number of rotatable bonds is 6. The highest BCUT2D eigenvalue weighted by Crippen LogP contribution is 2.26. The minimum Gasteiger partial charge on any atom is -0.507 e. The number of non-ortho nitro benzene ring substituents is 1. The lowest BCUT2D eigenvalue weighted by molar-refractivity contribution is -0.384. The maximum absolute atomic E-state index is 12.2. The number of benzene rings is 3. The summed E-state index contributed by atoms with van der Waals surface area (Å²) < 4.78 is 11.6. The Morgan fingerprint density at radius 2 is 1.79 bits per heavy atom. The van der Waals surface area contributed by atoms with E-state index in [2.05, 4.69) is 15.9 Å². The highest BCUT2D eigenvalue weighted by molar-refractivity contribution is 9.10. The molecule has 3 rings (SSSR count). The van der Waals surface area contributed by atoms with Crippen LogP contribution < -0.4 is 4.74 Å². The quantitative estimate of drug-likeness (QED) is 0.318. The number of hydrogen-bond acceptors (Lipinski definition) is 6. The Balaban J connectivity index is 1.65. The van der Waals surface area contributed by atoms with E-state index >= 15 is 0 Å². The molecule has 0 radical (unpaired) electrons. The van der Waals surface area contributed by atoms with Crippen molar-refractivity contribution in [3.8, 4) is 17.2 Å². The summed E-state index contributed by atoms with van der Waals surface area (Å²) in [6.07, 6.45) is 0. The number of aromatic hydroxyl groups is 1. The molecule has 3 aromatic carbocycles. The minimum atomic E-state index is -0.652. The monoisotopic (exact) mass is 443 g/mol. The molecule has 0 aliphatic rings. The number of phenols is 1. The normalized spacial score (nSPS) is 10.3. The van der Waals surface area contributed by atoms with Crippen LogP contribution in [0.3, 0.4) is 0 Å². The fourth-order valence-corrected chi connectivity index (χ4v) is 2.73. The summed E-state index contributed by atoms with van der Waals surface area (Å²) >= 11 is 3.24. The van der Waals surface area contributed by atoms with Gasteiger partial charge in [0.1, 0.15) is 29.4 Å². The zero-order chi connectivity index (χ0) is 20.1. The molecule has 0 aromatic heterocycles. The number of nitro groups is 1. The summed E-state index contributed by atoms with van der Waals surface area (Å²) in [5, 5.41) is 20.5. The first-order chi connectivity index (χ1) is 13.4. The molecule has 0 heterocycles. The summed E-state index contributed by atoms with van der Waals surface area (Å²) in [6.45, 7) is -0.0117. The van der Waals surface area contributed by atoms with Crippen molar-refractivity contribution < 1.29 is 24.3 Å². The van der Waals surface area contributed by atoms with Gasteiger partial charge in [0, 0.05) is 16.6 Å². The lowest BCUT2D eigenvalue weighted by Crippen LogP contribution is -2.05. The van der Waals surface area contributed by atoms with Crippen molar-refractivity contribution in [2.75, 3.05) is 0 Å². The van der Waals surface area contributed by atoms with Gasteiger partial charge >= 0.3 is 5.97 Å². The van der Waals surface area contributed by atoms with Crippen molar-refractivity contribution in [2.45, 2.75) is 6.61 Å². The van der Waals surface area contributed by atoms with Gasteiger partial charge in [-0.15, -0.1) is 0 Å². The van der Waals surface area contributed by atoms with E-state index in [1.807, 2.05) is 0 Å². The van der Waals surface area contributed by atoms with Crippen LogP contribution >= 0.6 is 15.9 Å². The molecule has 0 atom stereocenters. The molecule has 0 aliphatic carbocycles. The van der Waals surface area contributed by atoms with Crippen LogP contribution in [0.15, 0.2) is 71.2 Å². The van der Waals surface area contributed by atoms with E-state index in [0.29, 0.717) is 21.5 Å². The van der Waals surface area contributed by atoms with Gasteiger partial charge < -0.3 is 14.6 Å². The molecule has 0 aliphatic heterocycles. The first-order valence-electron chi connectivity index (χ1n) is 8.09. The predicted octanol–water partition coefficient (Wildman–Crippen LogP) is 5.21. The second kappa shape index (κ2) is 8.53. The lowest BCUT2D eigenvalue weighted by atomic mass is 10.2. The van der Waals surface area contributed by atoms with Crippen LogP contribution in [0.2, 0.25) is 0 Å². The Hall–Kier alpha value is -3.39. The number of hydrogen-bond donors (Lipinski definition) is 1. The number of nitro benzene ring substituents is 1. The van der Waals surface area contributed by atoms with E-state index in [-0.39, 0.29) is 23.6 Å². The topological polar surface area (TPSA) is 98.9 Å². The van der Waals surface area contributed by atoms with Crippen LogP contribution in [0.5, 0.6) is 17.2 Å². The number of phenolic OH excluding ortho intramolecular Hbond substituents is 1. The molecule has 8 heteroatoms. The summed E-state index contributed by atoms with van der Waals surface area (Å²) in [4.78, 5) is 22.4. The molecule has 0 spiro atoms. The molecule has 1 N–H and O–H groups in total. The number of nitrogens with zero attached hydrogens (tertiary/aromatic N) is 1. The van der Waals surface area contributed by atoms with Crippen molar-refractivity contribution >= 4 is 27.6 Å². The molecule has 0 saturated heterocycles. The molecule has 0 unspecified atom stereocenters. The third-order valence-corrected chi connectivity index (χ3v) is 4.22. The third-order valence-electron chi connectivity index (χ3n) is 3.73. The molecular weight excluding hydrogens is 430 g/mol. The third kappa shape index (κ3) is 4.86. The van der Waals surface area contributed by atoms with E-state index in [1.54, 1.807) is 30.3 Å². The van der Waals surface area contributed by atoms with Gasteiger partial charge in [-0.25, -0.2) is 4.79 Å². The van der Waals surface area contributed by atoms with E-state index in [1.165, 1.54) is 36.4 Å². The fourth-order valence-electron chi connectivity index (χ4n) is 2.37. The second-order valence-electron chi connectivity index (χ2n) is 5.74. The smallest absolute Gasteiger partial charge is 0.342 e. The molecule has 7 nitrogen and oxygen atoms in total. The van der Waals surface area contributed by atoms with E-state index in [9.17, 15) is 20.0 Å². The van der Waals surface area contributed by atoms with Gasteiger partial charge in [-0.3, -0.25) is 10.1 Å². The van der Waals surface area contributed by atoms with Crippen LogP contribution in [-0.4, -0.2) is 16.0 Å². The number of esters is 1. The van der Waals surface area contributed by atoms with Crippen molar-refractivity contribution in [3.05, 3.63) is 92.4 Å². The highest BCUT2D eigenvalue weighted by Gasteiger charge is 2.13. The average Bonchev–Trinajstić information content (AvgIpc) is 2.68. The molecule has 0 saturated carbocycles. The average molecular weight is 444 g/mol. The number of carbonyl (C=O) groups excluding carboxylic acids is 1. The van der Waals surface area contributed by atoms with Crippen LogP contribution in [0, 0.1) is 10.1 Å². The first-order valence-corrected chi connectivity index (χ1v) is 8.88. The number of carbonyl (C=O) groups is 1. The summed E-state index contributed by atoms with van der Waals surface area (Å²) in [5.74, 6) is 0.121. The lowest BCUT2D eigenvalue weighted by Gasteiger charge is -2.09. The van der Waals surface area contributed by atoms with Gasteiger partial charge in [-0.2, -0.15) is 0 Å². The molecule has 0 fully saturated rings. The van der Waals surface area contributed by atoms with E-state index in [0.717, 1.165) is 0 Å². The largest absolute Gasteiger partial charge is 0.507 e. The molecule has 3 aromatic rings. The van der Waals surface area contributed by atoms with Gasteiger partial charge in [0.2, 0.25) is 0 Å². The molecular formula is C20H14BrNO6. The highest BCUT2D eigenvalue weighted by atomic mass is 79.9. The molecule has 0 amide bonds. The van der Waals surface area contributed by atoms with Crippen LogP contribution in [0.4, 0.5) is 5.69 Å². The van der Waals surface area contributed by atoms with E-state index < -0.39 is 10.9 Å². The zero-order valence-corrected chi connectivity index (χ0v) is 16.0. The van der Waals surface area contributed by atoms with Gasteiger partial charge in [0.05, 0.1) is 4.92 Å². The summed E-state index contributed by atoms with van der Waals surface area (Å²) in [5.41, 5.74) is 0.721. The fraction of sp³-hybridized carbons (Fsp3) is 0.0500. The van der Waals surface area contributed by atoms with Crippen molar-refractivity contribution in [2.24, 2.45) is 0 Å². The Labute approximate surface area is 168 Å². The van der Waals surface area contributed by atoms with E-state index in [4.69, 9.17) is 9.47 Å². The predicted molar refractivity (Wildman–Crippen MR) is 105 cm³/mol. The maximum atomic E-state index is 12.2. The molecule has 142 valence electrons. The summed E-state index contributed by atoms with van der Waals surface area (Å²) in [7, 11) is 0. The van der Waals surface area contributed by atoms with Crippen LogP contribution in [-0.2, 0) is 11.3 Å². The van der Waals surface area contributed by atoms with Crippen LogP contribution in [0.1, 0.15) is 15.9 Å². The number of ether oxygens (including phenoxy) is 2. The van der Waals surface area contributed by atoms with Crippen LogP contribution in [0.25, 0.3) is 0 Å². The second-order valence-corrected chi connectivity index (χ2v) is 6.65. The Kier molecular flexibility index (Phi) is 5.90. The van der Waals surface area contributed by atoms with Gasteiger partial charge in [0.25, 0.3) is 5.69 Å². The molecule has 0 bridgehead atoms. The maximum Gasteiger partial charge on any atom is 0.342 e. The van der Waals surface area contributed by atoms with Gasteiger partial charge in [0.15, 0.2) is 0 Å². The zero-order valence-electron chi connectivity index (χ0n) is 14.4. The SMILES string of the molecule is O=C(OCc1cccc(Oc2ccc([N+](=O)[O-])cc2)c1)c1cc(Br)ccc1O. The minimum absolute atomic E-state index is 0.0117. The van der Waals surface area contributed by atoms with Gasteiger partial charge in [-0.1, -0.05) is 28.1 Å². The van der Waals surface area contributed by atoms with Crippen molar-refractivity contribution in [1.29, 1.82) is 0 Å². The standard InChI is InChI=1S/C20H14BrNO6/c21-14-4-9-19(23)18(11-14)20(24)27-12-13-2-1-3-17(10-13)28-16-7-5-15(6-8-16)22(25)26/h1-11,23H,12H2. The number of halogens is 1. The Morgan fingerprint density at radius 1 is 1.04 bits per heavy atom. The van der Waals surface area contributed by atoms with Crippen molar-refractivity contribution in [1.82, 2.24) is 0 Å². The molecule has 28 heavy (non-hydrogen) atoms. The Morgan fingerprint density at radius 3 is 2.50 bits per heavy atom. The Bertz CT molecular complexity index is 1020. The first kappa shape index (κ1) is 19.4.